The van der Waals surface area contributed by atoms with Gasteiger partial charge in [0.05, 0.1) is 6.26 Å². The SMILES string of the molecule is CS(=O)(=O)NC(=O)CCC(N)=O. The molecule has 12 heavy (non-hydrogen) atoms. The molecule has 0 aromatic heterocycles. The van der Waals surface area contributed by atoms with Gasteiger partial charge in [0.15, 0.2) is 0 Å². The summed E-state index contributed by atoms with van der Waals surface area (Å²) >= 11 is 0. The molecular formula is C5H10N2O4S. The Morgan fingerprint density at radius 1 is 1.33 bits per heavy atom. The zero-order valence-corrected chi connectivity index (χ0v) is 7.35. The Morgan fingerprint density at radius 2 is 1.83 bits per heavy atom. The van der Waals surface area contributed by atoms with E-state index in [-0.39, 0.29) is 12.8 Å². The number of carbonyl (C=O) groups excluding carboxylic acids is 2. The van der Waals surface area contributed by atoms with Crippen molar-refractivity contribution >= 4 is 21.8 Å². The smallest absolute Gasteiger partial charge is 0.233 e. The van der Waals surface area contributed by atoms with Crippen molar-refractivity contribution in [1.29, 1.82) is 0 Å². The highest BCUT2D eigenvalue weighted by Crippen LogP contribution is 1.88. The van der Waals surface area contributed by atoms with Crippen molar-refractivity contribution in [2.75, 3.05) is 6.26 Å². The summed E-state index contributed by atoms with van der Waals surface area (Å²) in [7, 11) is -3.52. The molecule has 0 spiro atoms. The lowest BCUT2D eigenvalue weighted by atomic mass is 10.3. The molecule has 0 rings (SSSR count). The van der Waals surface area contributed by atoms with E-state index < -0.39 is 21.8 Å². The Bertz CT molecular complexity index is 282. The van der Waals surface area contributed by atoms with Crippen molar-refractivity contribution in [3.8, 4) is 0 Å². The topological polar surface area (TPSA) is 106 Å². The predicted octanol–water partition coefficient (Wildman–Crippen LogP) is -1.67. The number of sulfonamides is 1. The fraction of sp³-hybridized carbons (Fsp3) is 0.600. The number of amides is 2. The van der Waals surface area contributed by atoms with Crippen LogP contribution in [0.4, 0.5) is 0 Å². The van der Waals surface area contributed by atoms with Crippen molar-refractivity contribution in [1.82, 2.24) is 4.72 Å². The molecule has 6 nitrogen and oxygen atoms in total. The van der Waals surface area contributed by atoms with E-state index in [1.807, 2.05) is 0 Å². The van der Waals surface area contributed by atoms with Crippen molar-refractivity contribution < 1.29 is 18.0 Å². The van der Waals surface area contributed by atoms with Gasteiger partial charge in [0.1, 0.15) is 0 Å². The second kappa shape index (κ2) is 4.05. The zero-order chi connectivity index (χ0) is 9.78. The highest BCUT2D eigenvalue weighted by Gasteiger charge is 2.08. The van der Waals surface area contributed by atoms with E-state index in [0.29, 0.717) is 0 Å². The quantitative estimate of drug-likeness (QED) is 0.557. The third kappa shape index (κ3) is 7.00. The number of primary amides is 1. The summed E-state index contributed by atoms with van der Waals surface area (Å²) in [6.45, 7) is 0. The number of rotatable bonds is 4. The van der Waals surface area contributed by atoms with Gasteiger partial charge >= 0.3 is 0 Å². The molecular weight excluding hydrogens is 184 g/mol. The minimum atomic E-state index is -3.52. The molecule has 0 aromatic carbocycles. The van der Waals surface area contributed by atoms with Crippen LogP contribution in [-0.4, -0.2) is 26.5 Å². The first kappa shape index (κ1) is 10.9. The van der Waals surface area contributed by atoms with Crippen LogP contribution in [0, 0.1) is 0 Å². The maximum Gasteiger partial charge on any atom is 0.233 e. The van der Waals surface area contributed by atoms with E-state index >= 15 is 0 Å². The van der Waals surface area contributed by atoms with Gasteiger partial charge in [0, 0.05) is 12.8 Å². The lowest BCUT2D eigenvalue weighted by molar-refractivity contribution is -0.123. The van der Waals surface area contributed by atoms with E-state index in [9.17, 15) is 18.0 Å². The summed E-state index contributed by atoms with van der Waals surface area (Å²) in [4.78, 5) is 20.8. The summed E-state index contributed by atoms with van der Waals surface area (Å²) in [5.41, 5.74) is 4.74. The molecule has 0 aromatic rings. The van der Waals surface area contributed by atoms with Crippen molar-refractivity contribution in [3.05, 3.63) is 0 Å². The van der Waals surface area contributed by atoms with E-state index in [2.05, 4.69) is 0 Å². The van der Waals surface area contributed by atoms with Crippen LogP contribution in [-0.2, 0) is 19.6 Å². The van der Waals surface area contributed by atoms with Gasteiger partial charge in [-0.05, 0) is 0 Å². The molecule has 0 bridgehead atoms. The first-order valence-corrected chi connectivity index (χ1v) is 4.99. The van der Waals surface area contributed by atoms with Gasteiger partial charge in [-0.15, -0.1) is 0 Å². The Kier molecular flexibility index (Phi) is 3.68. The average molecular weight is 194 g/mol. The second-order valence-corrected chi connectivity index (χ2v) is 4.01. The first-order valence-electron chi connectivity index (χ1n) is 3.10. The van der Waals surface area contributed by atoms with E-state index in [1.165, 1.54) is 0 Å². The lowest BCUT2D eigenvalue weighted by Crippen LogP contribution is -2.30. The van der Waals surface area contributed by atoms with Crippen molar-refractivity contribution in [2.24, 2.45) is 5.73 Å². The molecule has 0 unspecified atom stereocenters. The molecule has 7 heteroatoms. The number of nitrogens with one attached hydrogen (secondary N) is 1. The highest BCUT2D eigenvalue weighted by atomic mass is 32.2. The van der Waals surface area contributed by atoms with E-state index in [4.69, 9.17) is 5.73 Å². The largest absolute Gasteiger partial charge is 0.370 e. The number of nitrogens with two attached hydrogens (primary N) is 1. The Labute approximate surface area is 70.2 Å². The van der Waals surface area contributed by atoms with Crippen LogP contribution in [0.1, 0.15) is 12.8 Å². The summed E-state index contributed by atoms with van der Waals surface area (Å²) in [5, 5.41) is 0. The van der Waals surface area contributed by atoms with Crippen LogP contribution in [0.2, 0.25) is 0 Å². The highest BCUT2D eigenvalue weighted by molar-refractivity contribution is 7.89. The summed E-state index contributed by atoms with van der Waals surface area (Å²) in [6.07, 6.45) is 0.499. The van der Waals surface area contributed by atoms with Gasteiger partial charge < -0.3 is 5.73 Å². The van der Waals surface area contributed by atoms with Crippen molar-refractivity contribution in [2.45, 2.75) is 12.8 Å². The number of carbonyl (C=O) groups is 2. The molecule has 2 amide bonds. The minimum Gasteiger partial charge on any atom is -0.370 e. The third-order valence-corrected chi connectivity index (χ3v) is 1.50. The molecule has 0 aliphatic rings. The van der Waals surface area contributed by atoms with Gasteiger partial charge in [-0.2, -0.15) is 0 Å². The molecule has 0 heterocycles. The van der Waals surface area contributed by atoms with Gasteiger partial charge in [-0.1, -0.05) is 0 Å². The molecule has 70 valence electrons. The Hall–Kier alpha value is -1.11. The second-order valence-electron chi connectivity index (χ2n) is 2.26. The fourth-order valence-electron chi connectivity index (χ4n) is 0.495. The number of hydrogen-bond acceptors (Lipinski definition) is 4. The Morgan fingerprint density at radius 3 is 2.17 bits per heavy atom. The van der Waals surface area contributed by atoms with Gasteiger partial charge in [0.25, 0.3) is 0 Å². The molecule has 3 N–H and O–H groups in total. The van der Waals surface area contributed by atoms with Gasteiger partial charge in [0.2, 0.25) is 21.8 Å². The van der Waals surface area contributed by atoms with Crippen LogP contribution >= 0.6 is 0 Å². The summed E-state index contributed by atoms with van der Waals surface area (Å²) < 4.78 is 22.6. The third-order valence-electron chi connectivity index (χ3n) is 0.898. The lowest BCUT2D eigenvalue weighted by Gasteiger charge is -1.99. The standard InChI is InChI=1S/C5H10N2O4S/c1-12(10,11)7-5(9)3-2-4(6)8/h2-3H2,1H3,(H2,6,8)(H,7,9). The van der Waals surface area contributed by atoms with Gasteiger partial charge in [-0.25, -0.2) is 8.42 Å². The van der Waals surface area contributed by atoms with E-state index in [1.54, 1.807) is 4.72 Å². The van der Waals surface area contributed by atoms with Crippen LogP contribution in [0.15, 0.2) is 0 Å². The minimum absolute atomic E-state index is 0.151. The maximum absolute atomic E-state index is 10.7. The predicted molar refractivity (Wildman–Crippen MR) is 41.4 cm³/mol. The van der Waals surface area contributed by atoms with Gasteiger partial charge in [-0.3, -0.25) is 14.3 Å². The molecule has 0 saturated heterocycles. The maximum atomic E-state index is 10.7. The van der Waals surface area contributed by atoms with E-state index in [0.717, 1.165) is 6.26 Å². The van der Waals surface area contributed by atoms with Crippen LogP contribution in [0.25, 0.3) is 0 Å². The van der Waals surface area contributed by atoms with Crippen molar-refractivity contribution in [3.63, 3.8) is 0 Å². The van der Waals surface area contributed by atoms with Crippen LogP contribution in [0.3, 0.4) is 0 Å². The molecule has 0 saturated carbocycles. The fourth-order valence-corrected chi connectivity index (χ4v) is 1.01. The van der Waals surface area contributed by atoms with Crippen LogP contribution in [0.5, 0.6) is 0 Å². The molecule has 0 fully saturated rings. The summed E-state index contributed by atoms with van der Waals surface area (Å²) in [5.74, 6) is -1.37. The molecule has 0 radical (unpaired) electrons. The number of hydrogen-bond donors (Lipinski definition) is 2. The monoisotopic (exact) mass is 194 g/mol. The molecule has 0 aliphatic heterocycles. The average Bonchev–Trinajstić information content (AvgIpc) is 1.79. The molecule has 0 atom stereocenters. The van der Waals surface area contributed by atoms with Crippen LogP contribution < -0.4 is 10.5 Å². The first-order chi connectivity index (χ1) is 5.31. The Balaban J connectivity index is 3.84. The normalized spacial score (nSPS) is 10.8. The molecule has 0 aliphatic carbocycles. The summed E-state index contributed by atoms with van der Waals surface area (Å²) in [6, 6.07) is 0. The zero-order valence-electron chi connectivity index (χ0n) is 6.53.